The van der Waals surface area contributed by atoms with E-state index >= 15 is 0 Å². The summed E-state index contributed by atoms with van der Waals surface area (Å²) in [6, 6.07) is 101. The summed E-state index contributed by atoms with van der Waals surface area (Å²) in [4.78, 5) is 2.39. The van der Waals surface area contributed by atoms with Gasteiger partial charge in [-0.1, -0.05) is 231 Å². The number of anilines is 3. The van der Waals surface area contributed by atoms with Crippen LogP contribution in [0.4, 0.5) is 17.1 Å². The first-order valence-electron chi connectivity index (χ1n) is 23.3. The minimum Gasteiger partial charge on any atom is -0.311 e. The molecule has 0 heterocycles. The van der Waals surface area contributed by atoms with Gasteiger partial charge in [-0.3, -0.25) is 0 Å². The molecule has 1 heteroatoms. The molecule has 0 aromatic heterocycles. The molecule has 2 aliphatic carbocycles. The van der Waals surface area contributed by atoms with Crippen LogP contribution >= 0.6 is 0 Å². The Hall–Kier alpha value is -8.52. The van der Waals surface area contributed by atoms with Crippen molar-refractivity contribution < 1.29 is 0 Å². The average Bonchev–Trinajstić information content (AvgIpc) is 3.72. The van der Waals surface area contributed by atoms with Gasteiger partial charge in [0.1, 0.15) is 0 Å². The van der Waals surface area contributed by atoms with Crippen molar-refractivity contribution in [2.75, 3.05) is 4.90 Å². The molecule has 0 radical (unpaired) electrons. The van der Waals surface area contributed by atoms with Gasteiger partial charge >= 0.3 is 0 Å². The maximum absolute atomic E-state index is 2.41. The van der Waals surface area contributed by atoms with E-state index in [9.17, 15) is 0 Å². The molecule has 2 unspecified atom stereocenters. The maximum Gasteiger partial charge on any atom is 0.0720 e. The maximum atomic E-state index is 2.41. The second-order valence-electron chi connectivity index (χ2n) is 18.0. The van der Waals surface area contributed by atoms with Crippen LogP contribution < -0.4 is 4.90 Å². The van der Waals surface area contributed by atoms with E-state index in [0.717, 1.165) is 17.1 Å². The summed E-state index contributed by atoms with van der Waals surface area (Å²) in [5.74, 6) is 0. The van der Waals surface area contributed by atoms with Crippen molar-refractivity contribution in [2.45, 2.75) is 10.8 Å². The predicted molar refractivity (Wildman–Crippen MR) is 279 cm³/mol. The van der Waals surface area contributed by atoms with Crippen LogP contribution in [0.15, 0.2) is 273 Å². The Kier molecular flexibility index (Phi) is 9.05. The molecule has 0 amide bonds. The van der Waals surface area contributed by atoms with Gasteiger partial charge in [-0.15, -0.1) is 0 Å². The zero-order valence-electron chi connectivity index (χ0n) is 36.9. The van der Waals surface area contributed by atoms with Gasteiger partial charge in [0.05, 0.1) is 10.8 Å². The van der Waals surface area contributed by atoms with Crippen LogP contribution in [-0.2, 0) is 10.8 Å². The van der Waals surface area contributed by atoms with Crippen molar-refractivity contribution in [3.63, 3.8) is 0 Å². The van der Waals surface area contributed by atoms with Crippen LogP contribution in [0.2, 0.25) is 0 Å². The van der Waals surface area contributed by atoms with Crippen molar-refractivity contribution in [3.8, 4) is 33.4 Å². The molecule has 1 nitrogen and oxygen atoms in total. The number of benzene rings is 11. The van der Waals surface area contributed by atoms with Gasteiger partial charge in [0.15, 0.2) is 0 Å². The minimum absolute atomic E-state index is 0.486. The van der Waals surface area contributed by atoms with Crippen LogP contribution in [-0.4, -0.2) is 0 Å². The summed E-state index contributed by atoms with van der Waals surface area (Å²) in [5.41, 5.74) is 20.0. The molecule has 0 saturated heterocycles. The molecular weight excluding hydrogens is 807 g/mol. The summed E-state index contributed by atoms with van der Waals surface area (Å²) < 4.78 is 0. The summed E-state index contributed by atoms with van der Waals surface area (Å²) in [5, 5.41) is 2.49. The number of nitrogens with zero attached hydrogens (tertiary/aromatic N) is 1. The lowest BCUT2D eigenvalue weighted by atomic mass is 9.52. The molecule has 2 aliphatic rings. The fraction of sp³-hybridized carbons (Fsp3) is 0.0303. The van der Waals surface area contributed by atoms with Crippen LogP contribution in [0.1, 0.15) is 44.5 Å². The Labute approximate surface area is 392 Å². The summed E-state index contributed by atoms with van der Waals surface area (Å²) in [7, 11) is 0. The molecule has 67 heavy (non-hydrogen) atoms. The standard InChI is InChI=1S/C66H45N/c1-4-17-46(18-5-1)48-33-39-55(40-34-48)67(56-41-35-49(36-42-56)51-32-31-47-19-10-11-20-50(47)45-51)57-43-37-54(38-44-57)65(52-21-6-2-7-22-52)61-28-14-15-29-62(61)66(53-23-8-3-9-24-53)60-27-13-12-25-58(60)59-26-16-30-63(65)64(59)66/h1-45H. The highest BCUT2D eigenvalue weighted by Gasteiger charge is 2.57. The SMILES string of the molecule is c1ccc(-c2ccc(N(c3ccc(-c4ccc5ccccc5c4)cc3)c3ccc(C4(c5ccccc5)c5ccccc5C5(c6ccccc6)c6ccccc6-c6cccc4c65)cc3)cc2)cc1. The minimum atomic E-state index is -0.619. The first-order valence-corrected chi connectivity index (χ1v) is 23.3. The monoisotopic (exact) mass is 851 g/mol. The van der Waals surface area contributed by atoms with Crippen LogP contribution in [0.25, 0.3) is 44.2 Å². The van der Waals surface area contributed by atoms with E-state index in [1.165, 1.54) is 88.7 Å². The molecule has 0 fully saturated rings. The molecule has 11 aromatic rings. The van der Waals surface area contributed by atoms with E-state index in [-0.39, 0.29) is 0 Å². The Morgan fingerprint density at radius 2 is 0.657 bits per heavy atom. The third kappa shape index (κ3) is 5.88. The molecule has 0 bridgehead atoms. The van der Waals surface area contributed by atoms with Crippen LogP contribution in [0, 0.1) is 0 Å². The zero-order chi connectivity index (χ0) is 44.4. The quantitative estimate of drug-likeness (QED) is 0.147. The normalized spacial score (nSPS) is 16.5. The Morgan fingerprint density at radius 1 is 0.239 bits per heavy atom. The fourth-order valence-corrected chi connectivity index (χ4v) is 11.8. The number of rotatable bonds is 8. The van der Waals surface area contributed by atoms with Crippen molar-refractivity contribution in [1.29, 1.82) is 0 Å². The lowest BCUT2D eigenvalue weighted by Gasteiger charge is -2.49. The highest BCUT2D eigenvalue weighted by atomic mass is 15.1. The van der Waals surface area contributed by atoms with Crippen LogP contribution in [0.3, 0.4) is 0 Å². The number of hydrogen-bond acceptors (Lipinski definition) is 1. The Bertz CT molecular complexity index is 3600. The van der Waals surface area contributed by atoms with Gasteiger partial charge in [0, 0.05) is 17.1 Å². The fourth-order valence-electron chi connectivity index (χ4n) is 11.8. The molecule has 0 saturated carbocycles. The summed E-state index contributed by atoms with van der Waals surface area (Å²) in [6.45, 7) is 0. The van der Waals surface area contributed by atoms with E-state index in [2.05, 4.69) is 278 Å². The molecule has 13 rings (SSSR count). The smallest absolute Gasteiger partial charge is 0.0720 e. The first-order chi connectivity index (χ1) is 33.2. The molecular formula is C66H45N. The second kappa shape index (κ2) is 15.6. The lowest BCUT2D eigenvalue weighted by molar-refractivity contribution is 0.626. The van der Waals surface area contributed by atoms with Crippen molar-refractivity contribution in [2.24, 2.45) is 0 Å². The Morgan fingerprint density at radius 3 is 1.30 bits per heavy atom. The molecule has 11 aromatic carbocycles. The Balaban J connectivity index is 1.00. The predicted octanol–water partition coefficient (Wildman–Crippen LogP) is 16.7. The average molecular weight is 852 g/mol. The van der Waals surface area contributed by atoms with E-state index in [1.807, 2.05) is 0 Å². The molecule has 2 atom stereocenters. The summed E-state index contributed by atoms with van der Waals surface area (Å²) in [6.07, 6.45) is 0. The largest absolute Gasteiger partial charge is 0.311 e. The van der Waals surface area contributed by atoms with E-state index in [1.54, 1.807) is 0 Å². The van der Waals surface area contributed by atoms with Gasteiger partial charge in [-0.05, 0) is 131 Å². The van der Waals surface area contributed by atoms with Crippen molar-refractivity contribution >= 4 is 27.8 Å². The number of fused-ring (bicyclic) bond motifs is 6. The van der Waals surface area contributed by atoms with Gasteiger partial charge in [-0.25, -0.2) is 0 Å². The van der Waals surface area contributed by atoms with Crippen molar-refractivity contribution in [1.82, 2.24) is 0 Å². The van der Waals surface area contributed by atoms with Gasteiger partial charge < -0.3 is 4.90 Å². The second-order valence-corrected chi connectivity index (χ2v) is 18.0. The van der Waals surface area contributed by atoms with Gasteiger partial charge in [-0.2, -0.15) is 0 Å². The van der Waals surface area contributed by atoms with Crippen LogP contribution in [0.5, 0.6) is 0 Å². The molecule has 314 valence electrons. The third-order valence-corrected chi connectivity index (χ3v) is 14.6. The highest BCUT2D eigenvalue weighted by molar-refractivity contribution is 5.92. The first kappa shape index (κ1) is 38.9. The molecule has 0 aliphatic heterocycles. The van der Waals surface area contributed by atoms with Crippen molar-refractivity contribution in [3.05, 3.63) is 317 Å². The third-order valence-electron chi connectivity index (χ3n) is 14.6. The molecule has 0 N–H and O–H groups in total. The number of hydrogen-bond donors (Lipinski definition) is 0. The topological polar surface area (TPSA) is 3.24 Å². The van der Waals surface area contributed by atoms with E-state index in [0.29, 0.717) is 0 Å². The molecule has 0 spiro atoms. The van der Waals surface area contributed by atoms with Gasteiger partial charge in [0.25, 0.3) is 0 Å². The van der Waals surface area contributed by atoms with E-state index in [4.69, 9.17) is 0 Å². The lowest BCUT2D eigenvalue weighted by Crippen LogP contribution is -2.44. The van der Waals surface area contributed by atoms with Gasteiger partial charge in [0.2, 0.25) is 0 Å². The van der Waals surface area contributed by atoms with E-state index < -0.39 is 10.8 Å². The highest BCUT2D eigenvalue weighted by Crippen LogP contribution is 2.65. The zero-order valence-corrected chi connectivity index (χ0v) is 36.9. The summed E-state index contributed by atoms with van der Waals surface area (Å²) >= 11 is 0.